The topological polar surface area (TPSA) is 38.4 Å². The van der Waals surface area contributed by atoms with Crippen molar-refractivity contribution in [3.05, 3.63) is 0 Å². The lowest BCUT2D eigenvalue weighted by molar-refractivity contribution is 0.419. The molecule has 0 radical (unpaired) electrons. The average molecular weight is 140 g/mol. The summed E-state index contributed by atoms with van der Waals surface area (Å²) in [5.41, 5.74) is 5.84. The molecule has 1 unspecified atom stereocenters. The summed E-state index contributed by atoms with van der Waals surface area (Å²) in [6.45, 7) is 6.20. The van der Waals surface area contributed by atoms with Gasteiger partial charge in [-0.25, -0.2) is 0 Å². The van der Waals surface area contributed by atoms with Gasteiger partial charge in [0.2, 0.25) is 0 Å². The van der Waals surface area contributed by atoms with Crippen LogP contribution in [0.3, 0.4) is 0 Å². The van der Waals surface area contributed by atoms with Crippen LogP contribution in [0.25, 0.3) is 0 Å². The number of nitrogens with zero attached hydrogens (tertiary/aromatic N) is 1. The van der Waals surface area contributed by atoms with E-state index in [1.54, 1.807) is 0 Å². The number of rotatable bonds is 4. The van der Waals surface area contributed by atoms with Crippen LogP contribution < -0.4 is 5.73 Å². The molecular weight excluding hydrogens is 124 g/mol. The van der Waals surface area contributed by atoms with Gasteiger partial charge in [0, 0.05) is 5.54 Å². The van der Waals surface area contributed by atoms with Crippen LogP contribution >= 0.6 is 0 Å². The van der Waals surface area contributed by atoms with Gasteiger partial charge in [-0.05, 0) is 26.0 Å². The molecule has 0 bridgehead atoms. The van der Waals surface area contributed by atoms with Crippen molar-refractivity contribution in [2.45, 2.75) is 31.7 Å². The Morgan fingerprint density at radius 2 is 2.30 bits per heavy atom. The van der Waals surface area contributed by atoms with Gasteiger partial charge in [-0.3, -0.25) is 4.99 Å². The third-order valence-corrected chi connectivity index (χ3v) is 1.92. The molecule has 1 rings (SSSR count). The number of nitrogens with two attached hydrogens (primary N) is 1. The van der Waals surface area contributed by atoms with Crippen LogP contribution in [0.2, 0.25) is 0 Å². The number of aliphatic imine (C=N–C) groups is 1. The van der Waals surface area contributed by atoms with Gasteiger partial charge in [-0.2, -0.15) is 0 Å². The summed E-state index contributed by atoms with van der Waals surface area (Å²) in [4.78, 5) is 3.81. The van der Waals surface area contributed by atoms with E-state index in [1.165, 1.54) is 12.8 Å². The first-order valence-electron chi connectivity index (χ1n) is 3.85. The second kappa shape index (κ2) is 2.70. The van der Waals surface area contributed by atoms with Crippen molar-refractivity contribution >= 4 is 6.72 Å². The van der Waals surface area contributed by atoms with Gasteiger partial charge >= 0.3 is 0 Å². The molecule has 0 heterocycles. The largest absolute Gasteiger partial charge is 0.324 e. The molecule has 0 amide bonds. The standard InChI is InChI=1S/C8H16N2/c1-8(9,6-10-2)5-7-3-4-7/h7H,2-6,9H2,1H3. The minimum atomic E-state index is -0.0943. The van der Waals surface area contributed by atoms with E-state index in [2.05, 4.69) is 18.6 Å². The Hall–Kier alpha value is -0.370. The van der Waals surface area contributed by atoms with Gasteiger partial charge in [0.25, 0.3) is 0 Å². The first kappa shape index (κ1) is 7.73. The van der Waals surface area contributed by atoms with E-state index >= 15 is 0 Å². The van der Waals surface area contributed by atoms with Crippen molar-refractivity contribution < 1.29 is 0 Å². The molecule has 2 heteroatoms. The SMILES string of the molecule is C=NCC(C)(N)CC1CC1. The van der Waals surface area contributed by atoms with E-state index in [0.717, 1.165) is 12.3 Å². The maximum absolute atomic E-state index is 5.93. The van der Waals surface area contributed by atoms with E-state index in [1.807, 2.05) is 0 Å². The molecule has 0 aromatic heterocycles. The molecule has 0 aromatic rings. The van der Waals surface area contributed by atoms with E-state index < -0.39 is 0 Å². The molecule has 2 nitrogen and oxygen atoms in total. The Morgan fingerprint density at radius 1 is 1.70 bits per heavy atom. The molecule has 10 heavy (non-hydrogen) atoms. The monoisotopic (exact) mass is 140 g/mol. The molecule has 1 atom stereocenters. The van der Waals surface area contributed by atoms with Crippen LogP contribution in [-0.2, 0) is 0 Å². The summed E-state index contributed by atoms with van der Waals surface area (Å²) < 4.78 is 0. The maximum Gasteiger partial charge on any atom is 0.0559 e. The minimum Gasteiger partial charge on any atom is -0.324 e. The molecule has 0 spiro atoms. The summed E-state index contributed by atoms with van der Waals surface area (Å²) in [5.74, 6) is 0.886. The summed E-state index contributed by atoms with van der Waals surface area (Å²) in [6.07, 6.45) is 3.85. The Bertz CT molecular complexity index is 125. The number of hydrogen-bond donors (Lipinski definition) is 1. The average Bonchev–Trinajstić information content (AvgIpc) is 2.48. The minimum absolute atomic E-state index is 0.0943. The Labute approximate surface area is 62.5 Å². The molecule has 2 N–H and O–H groups in total. The zero-order valence-corrected chi connectivity index (χ0v) is 6.64. The third kappa shape index (κ3) is 2.48. The lowest BCUT2D eigenvalue weighted by atomic mass is 9.96. The maximum atomic E-state index is 5.93. The van der Waals surface area contributed by atoms with Crippen molar-refractivity contribution in [1.29, 1.82) is 0 Å². The van der Waals surface area contributed by atoms with Gasteiger partial charge in [-0.15, -0.1) is 0 Å². The normalized spacial score (nSPS) is 23.8. The quantitative estimate of drug-likeness (QED) is 0.585. The second-order valence-electron chi connectivity index (χ2n) is 3.68. The van der Waals surface area contributed by atoms with Gasteiger partial charge in [-0.1, -0.05) is 12.8 Å². The zero-order valence-electron chi connectivity index (χ0n) is 6.64. The highest BCUT2D eigenvalue weighted by Gasteiger charge is 2.29. The summed E-state index contributed by atoms with van der Waals surface area (Å²) in [6, 6.07) is 0. The van der Waals surface area contributed by atoms with E-state index in [9.17, 15) is 0 Å². The highest BCUT2D eigenvalue weighted by atomic mass is 14.8. The lowest BCUT2D eigenvalue weighted by Crippen LogP contribution is -2.39. The van der Waals surface area contributed by atoms with Crippen LogP contribution in [0.5, 0.6) is 0 Å². The van der Waals surface area contributed by atoms with Gasteiger partial charge in [0.05, 0.1) is 6.54 Å². The summed E-state index contributed by atoms with van der Waals surface area (Å²) in [7, 11) is 0. The predicted molar refractivity (Wildman–Crippen MR) is 44.3 cm³/mol. The van der Waals surface area contributed by atoms with Gasteiger partial charge in [0.1, 0.15) is 0 Å². The van der Waals surface area contributed by atoms with Crippen molar-refractivity contribution in [3.8, 4) is 0 Å². The summed E-state index contributed by atoms with van der Waals surface area (Å²) >= 11 is 0. The van der Waals surface area contributed by atoms with E-state index in [4.69, 9.17) is 5.73 Å². The Balaban J connectivity index is 2.25. The fraction of sp³-hybridized carbons (Fsp3) is 0.875. The fourth-order valence-electron chi connectivity index (χ4n) is 1.30. The predicted octanol–water partition coefficient (Wildman–Crippen LogP) is 1.20. The van der Waals surface area contributed by atoms with E-state index in [-0.39, 0.29) is 5.54 Å². The van der Waals surface area contributed by atoms with Crippen LogP contribution in [0, 0.1) is 5.92 Å². The molecule has 0 aliphatic heterocycles. The fourth-order valence-corrected chi connectivity index (χ4v) is 1.30. The van der Waals surface area contributed by atoms with E-state index in [0.29, 0.717) is 6.54 Å². The Kier molecular flexibility index (Phi) is 2.09. The number of hydrogen-bond acceptors (Lipinski definition) is 2. The van der Waals surface area contributed by atoms with Crippen molar-refractivity contribution in [1.82, 2.24) is 0 Å². The zero-order chi connectivity index (χ0) is 7.61. The summed E-state index contributed by atoms with van der Waals surface area (Å²) in [5, 5.41) is 0. The molecule has 0 aromatic carbocycles. The van der Waals surface area contributed by atoms with Gasteiger partial charge < -0.3 is 5.73 Å². The highest BCUT2D eigenvalue weighted by molar-refractivity contribution is 5.23. The molecular formula is C8H16N2. The molecule has 0 saturated heterocycles. The van der Waals surface area contributed by atoms with Gasteiger partial charge in [0.15, 0.2) is 0 Å². The van der Waals surface area contributed by atoms with Crippen LogP contribution in [0.4, 0.5) is 0 Å². The van der Waals surface area contributed by atoms with Crippen LogP contribution in [0.15, 0.2) is 4.99 Å². The van der Waals surface area contributed by atoms with Crippen molar-refractivity contribution in [2.24, 2.45) is 16.6 Å². The molecule has 58 valence electrons. The van der Waals surface area contributed by atoms with Crippen LogP contribution in [-0.4, -0.2) is 18.8 Å². The molecule has 1 aliphatic rings. The van der Waals surface area contributed by atoms with Crippen LogP contribution in [0.1, 0.15) is 26.2 Å². The van der Waals surface area contributed by atoms with Crippen molar-refractivity contribution in [3.63, 3.8) is 0 Å². The first-order valence-corrected chi connectivity index (χ1v) is 3.85. The lowest BCUT2D eigenvalue weighted by Gasteiger charge is -2.21. The Morgan fingerprint density at radius 3 is 2.70 bits per heavy atom. The smallest absolute Gasteiger partial charge is 0.0559 e. The molecule has 1 fully saturated rings. The highest BCUT2D eigenvalue weighted by Crippen LogP contribution is 2.35. The molecule has 1 aliphatic carbocycles. The first-order chi connectivity index (χ1) is 4.64. The van der Waals surface area contributed by atoms with Crippen molar-refractivity contribution in [2.75, 3.05) is 6.54 Å². The second-order valence-corrected chi connectivity index (χ2v) is 3.68. The molecule has 1 saturated carbocycles. The third-order valence-electron chi connectivity index (χ3n) is 1.92.